The summed E-state index contributed by atoms with van der Waals surface area (Å²) in [4.78, 5) is 2.27. The van der Waals surface area contributed by atoms with Gasteiger partial charge >= 0.3 is 0 Å². The maximum Gasteiger partial charge on any atom is 0.127 e. The number of nitrogens with zero attached hydrogens (tertiary/aromatic N) is 1. The van der Waals surface area contributed by atoms with Gasteiger partial charge in [-0.2, -0.15) is 11.3 Å². The van der Waals surface area contributed by atoms with Crippen LogP contribution in [0.4, 0.5) is 5.69 Å². The van der Waals surface area contributed by atoms with Crippen LogP contribution in [0.2, 0.25) is 0 Å². The predicted octanol–water partition coefficient (Wildman–Crippen LogP) is 4.81. The zero-order valence-electron chi connectivity index (χ0n) is 12.2. The van der Waals surface area contributed by atoms with Crippen molar-refractivity contribution >= 4 is 27.8 Å². The molecule has 0 amide bonds. The molecule has 0 aliphatic carbocycles. The van der Waals surface area contributed by atoms with Crippen LogP contribution in [-0.4, -0.2) is 20.2 Å². The highest BCUT2D eigenvalue weighted by Gasteiger charge is 2.03. The highest BCUT2D eigenvalue weighted by Crippen LogP contribution is 2.25. The van der Waals surface area contributed by atoms with E-state index in [1.807, 2.05) is 6.07 Å². The van der Waals surface area contributed by atoms with E-state index < -0.39 is 0 Å². The lowest BCUT2D eigenvalue weighted by atomic mass is 10.1. The van der Waals surface area contributed by atoms with Crippen LogP contribution < -0.4 is 9.64 Å². The van der Waals surface area contributed by atoms with Crippen LogP contribution in [0.25, 0.3) is 10.8 Å². The first-order valence-electron chi connectivity index (χ1n) is 7.18. The predicted molar refractivity (Wildman–Crippen MR) is 91.6 cm³/mol. The van der Waals surface area contributed by atoms with Gasteiger partial charge < -0.3 is 9.64 Å². The fraction of sp³-hybridized carbons (Fsp3) is 0.222. The van der Waals surface area contributed by atoms with Gasteiger partial charge in [0.15, 0.2) is 0 Å². The van der Waals surface area contributed by atoms with E-state index in [2.05, 4.69) is 65.2 Å². The Morgan fingerprint density at radius 1 is 1.05 bits per heavy atom. The molecule has 21 heavy (non-hydrogen) atoms. The number of rotatable bonds is 6. The minimum atomic E-state index is 0.739. The van der Waals surface area contributed by atoms with Crippen LogP contribution in [-0.2, 0) is 0 Å². The van der Waals surface area contributed by atoms with E-state index >= 15 is 0 Å². The average molecular weight is 297 g/mol. The van der Waals surface area contributed by atoms with E-state index in [-0.39, 0.29) is 0 Å². The summed E-state index contributed by atoms with van der Waals surface area (Å²) in [6.45, 7) is 1.74. The lowest BCUT2D eigenvalue weighted by molar-refractivity contribution is 0.316. The molecule has 2 aromatic carbocycles. The highest BCUT2D eigenvalue weighted by molar-refractivity contribution is 7.08. The van der Waals surface area contributed by atoms with E-state index in [1.54, 1.807) is 11.3 Å². The molecule has 1 aromatic heterocycles. The third kappa shape index (κ3) is 3.37. The molecule has 0 saturated heterocycles. The van der Waals surface area contributed by atoms with Gasteiger partial charge in [0.1, 0.15) is 5.75 Å². The Kier molecular flexibility index (Phi) is 4.41. The molecule has 3 heteroatoms. The minimum Gasteiger partial charge on any atom is -0.493 e. The van der Waals surface area contributed by atoms with E-state index in [1.165, 1.54) is 16.5 Å². The summed E-state index contributed by atoms with van der Waals surface area (Å²) in [6, 6.07) is 16.7. The standard InChI is InChI=1S/C18H19NOS/c1-19(16-10-13-21-14-16)11-5-12-20-18-9-4-7-15-6-2-3-8-17(15)18/h2-4,6-10,13-14H,5,11-12H2,1H3. The topological polar surface area (TPSA) is 12.5 Å². The van der Waals surface area contributed by atoms with Crippen LogP contribution in [0.15, 0.2) is 59.3 Å². The number of ether oxygens (including phenoxy) is 1. The lowest BCUT2D eigenvalue weighted by Gasteiger charge is -2.17. The molecule has 0 saturated carbocycles. The number of anilines is 1. The van der Waals surface area contributed by atoms with Gasteiger partial charge in [0.25, 0.3) is 0 Å². The summed E-state index contributed by atoms with van der Waals surface area (Å²) < 4.78 is 5.96. The fourth-order valence-corrected chi connectivity index (χ4v) is 3.10. The molecule has 108 valence electrons. The first-order chi connectivity index (χ1) is 10.3. The molecular formula is C18H19NOS. The van der Waals surface area contributed by atoms with E-state index in [9.17, 15) is 0 Å². The summed E-state index contributed by atoms with van der Waals surface area (Å²) in [5, 5.41) is 6.70. The summed E-state index contributed by atoms with van der Waals surface area (Å²) in [5.74, 6) is 0.978. The van der Waals surface area contributed by atoms with Gasteiger partial charge in [0, 0.05) is 30.0 Å². The molecule has 3 aromatic rings. The number of fused-ring (bicyclic) bond motifs is 1. The van der Waals surface area contributed by atoms with Gasteiger partial charge in [-0.25, -0.2) is 0 Å². The van der Waals surface area contributed by atoms with Crippen molar-refractivity contribution in [1.29, 1.82) is 0 Å². The smallest absolute Gasteiger partial charge is 0.127 e. The second-order valence-corrected chi connectivity index (χ2v) is 5.86. The van der Waals surface area contributed by atoms with E-state index in [4.69, 9.17) is 4.74 Å². The Morgan fingerprint density at radius 2 is 1.90 bits per heavy atom. The molecule has 0 bridgehead atoms. The van der Waals surface area contributed by atoms with E-state index in [0.29, 0.717) is 0 Å². The second-order valence-electron chi connectivity index (χ2n) is 5.08. The van der Waals surface area contributed by atoms with Crippen molar-refractivity contribution in [3.8, 4) is 5.75 Å². The normalized spacial score (nSPS) is 10.7. The fourth-order valence-electron chi connectivity index (χ4n) is 2.41. The second kappa shape index (κ2) is 6.64. The largest absolute Gasteiger partial charge is 0.493 e. The Hall–Kier alpha value is -2.00. The quantitative estimate of drug-likeness (QED) is 0.606. The van der Waals surface area contributed by atoms with Crippen molar-refractivity contribution in [1.82, 2.24) is 0 Å². The molecular weight excluding hydrogens is 278 g/mol. The molecule has 0 aliphatic heterocycles. The molecule has 0 N–H and O–H groups in total. The molecule has 2 nitrogen and oxygen atoms in total. The molecule has 0 atom stereocenters. The number of benzene rings is 2. The molecule has 0 fully saturated rings. The molecule has 0 unspecified atom stereocenters. The summed E-state index contributed by atoms with van der Waals surface area (Å²) in [7, 11) is 2.12. The van der Waals surface area contributed by atoms with Crippen molar-refractivity contribution in [2.24, 2.45) is 0 Å². The Bertz CT molecular complexity index is 688. The highest BCUT2D eigenvalue weighted by atomic mass is 32.1. The third-order valence-corrected chi connectivity index (χ3v) is 4.26. The van der Waals surface area contributed by atoms with Gasteiger partial charge in [0.05, 0.1) is 6.61 Å². The molecule has 0 aliphatic rings. The van der Waals surface area contributed by atoms with Gasteiger partial charge in [-0.1, -0.05) is 36.4 Å². The van der Waals surface area contributed by atoms with Crippen molar-refractivity contribution < 1.29 is 4.74 Å². The monoisotopic (exact) mass is 297 g/mol. The number of hydrogen-bond donors (Lipinski definition) is 0. The first-order valence-corrected chi connectivity index (χ1v) is 8.13. The minimum absolute atomic E-state index is 0.739. The van der Waals surface area contributed by atoms with Crippen LogP contribution in [0.1, 0.15) is 6.42 Å². The molecule has 0 radical (unpaired) electrons. The maximum atomic E-state index is 5.96. The lowest BCUT2D eigenvalue weighted by Crippen LogP contribution is -2.19. The third-order valence-electron chi connectivity index (χ3n) is 3.59. The summed E-state index contributed by atoms with van der Waals surface area (Å²) in [5.41, 5.74) is 1.28. The zero-order chi connectivity index (χ0) is 14.5. The van der Waals surface area contributed by atoms with Crippen LogP contribution >= 0.6 is 11.3 Å². The Labute approximate surface area is 129 Å². The van der Waals surface area contributed by atoms with Crippen molar-refractivity contribution in [2.75, 3.05) is 25.1 Å². The van der Waals surface area contributed by atoms with Crippen molar-refractivity contribution in [3.63, 3.8) is 0 Å². The molecule has 1 heterocycles. The van der Waals surface area contributed by atoms with Gasteiger partial charge in [-0.15, -0.1) is 0 Å². The SMILES string of the molecule is CN(CCCOc1cccc2ccccc12)c1ccsc1. The van der Waals surface area contributed by atoms with Gasteiger partial charge in [-0.3, -0.25) is 0 Å². The van der Waals surface area contributed by atoms with Crippen LogP contribution in [0.5, 0.6) is 5.75 Å². The Balaban J connectivity index is 1.55. The summed E-state index contributed by atoms with van der Waals surface area (Å²) in [6.07, 6.45) is 1.01. The van der Waals surface area contributed by atoms with Crippen LogP contribution in [0.3, 0.4) is 0 Å². The van der Waals surface area contributed by atoms with Gasteiger partial charge in [-0.05, 0) is 29.3 Å². The van der Waals surface area contributed by atoms with Gasteiger partial charge in [0.2, 0.25) is 0 Å². The summed E-state index contributed by atoms with van der Waals surface area (Å²) >= 11 is 1.73. The van der Waals surface area contributed by atoms with Crippen molar-refractivity contribution in [2.45, 2.75) is 6.42 Å². The number of hydrogen-bond acceptors (Lipinski definition) is 3. The number of thiophene rings is 1. The van der Waals surface area contributed by atoms with Crippen LogP contribution in [0, 0.1) is 0 Å². The Morgan fingerprint density at radius 3 is 2.76 bits per heavy atom. The maximum absolute atomic E-state index is 5.96. The molecule has 3 rings (SSSR count). The van der Waals surface area contributed by atoms with Crippen molar-refractivity contribution in [3.05, 3.63) is 59.3 Å². The zero-order valence-corrected chi connectivity index (χ0v) is 13.0. The molecule has 0 spiro atoms. The first kappa shape index (κ1) is 14.0. The van der Waals surface area contributed by atoms with E-state index in [0.717, 1.165) is 25.3 Å². The average Bonchev–Trinajstić information content (AvgIpc) is 3.06.